The summed E-state index contributed by atoms with van der Waals surface area (Å²) in [5.41, 5.74) is 5.34. The highest BCUT2D eigenvalue weighted by Gasteiger charge is 2.31. The molecule has 2 atom stereocenters. The van der Waals surface area contributed by atoms with E-state index in [9.17, 15) is 9.59 Å². The molecule has 0 aliphatic carbocycles. The number of hydrogen-bond acceptors (Lipinski definition) is 3. The van der Waals surface area contributed by atoms with Crippen LogP contribution in [0.1, 0.15) is 24.6 Å². The number of carbonyl (C=O) groups excluding carboxylic acids is 2. The molecule has 1 aromatic heterocycles. The van der Waals surface area contributed by atoms with Gasteiger partial charge >= 0.3 is 6.03 Å². The van der Waals surface area contributed by atoms with Crippen LogP contribution in [0.5, 0.6) is 0 Å². The van der Waals surface area contributed by atoms with Crippen LogP contribution in [-0.2, 0) is 4.79 Å². The zero-order valence-electron chi connectivity index (χ0n) is 11.2. The second kappa shape index (κ2) is 5.61. The summed E-state index contributed by atoms with van der Waals surface area (Å²) in [5.74, 6) is -0.552. The summed E-state index contributed by atoms with van der Waals surface area (Å²) in [6.45, 7) is 4.40. The number of anilines is 1. The summed E-state index contributed by atoms with van der Waals surface area (Å²) in [6, 6.07) is 3.83. The van der Waals surface area contributed by atoms with Crippen LogP contribution >= 0.6 is 11.3 Å². The Morgan fingerprint density at radius 1 is 1.42 bits per heavy atom. The molecular weight excluding hydrogens is 262 g/mol. The van der Waals surface area contributed by atoms with Crippen molar-refractivity contribution in [1.82, 2.24) is 4.90 Å². The molecule has 2 rings (SSSR count). The number of aryl methyl sites for hydroxylation is 1. The van der Waals surface area contributed by atoms with E-state index in [1.807, 2.05) is 26.0 Å². The number of primary amides is 1. The van der Waals surface area contributed by atoms with Crippen LogP contribution in [0.3, 0.4) is 0 Å². The largest absolute Gasteiger partial charge is 0.369 e. The van der Waals surface area contributed by atoms with E-state index in [1.165, 1.54) is 11.3 Å². The predicted molar refractivity (Wildman–Crippen MR) is 76.2 cm³/mol. The first-order chi connectivity index (χ1) is 8.97. The van der Waals surface area contributed by atoms with E-state index < -0.39 is 0 Å². The van der Waals surface area contributed by atoms with Crippen molar-refractivity contribution in [2.24, 2.45) is 11.7 Å². The van der Waals surface area contributed by atoms with Crippen molar-refractivity contribution in [3.8, 4) is 0 Å². The summed E-state index contributed by atoms with van der Waals surface area (Å²) in [7, 11) is 0. The molecule has 2 heterocycles. The van der Waals surface area contributed by atoms with Crippen LogP contribution in [0.4, 0.5) is 9.80 Å². The third-order valence-electron chi connectivity index (χ3n) is 3.52. The lowest BCUT2D eigenvalue weighted by Gasteiger charge is -2.36. The fourth-order valence-electron chi connectivity index (χ4n) is 2.30. The number of hydrogen-bond donors (Lipinski definition) is 2. The second-order valence-electron chi connectivity index (χ2n) is 5.02. The van der Waals surface area contributed by atoms with Gasteiger partial charge in [-0.1, -0.05) is 0 Å². The molecule has 1 aliphatic heterocycles. The van der Waals surface area contributed by atoms with Gasteiger partial charge in [-0.3, -0.25) is 10.1 Å². The summed E-state index contributed by atoms with van der Waals surface area (Å²) in [6.07, 6.45) is 1.57. The molecule has 5 nitrogen and oxygen atoms in total. The van der Waals surface area contributed by atoms with E-state index in [-0.39, 0.29) is 23.9 Å². The number of likely N-dealkylation sites (tertiary alicyclic amines) is 1. The number of thiophene rings is 1. The Balaban J connectivity index is 2.02. The monoisotopic (exact) mass is 281 g/mol. The first kappa shape index (κ1) is 13.9. The number of nitrogens with zero attached hydrogens (tertiary/aromatic N) is 1. The minimum absolute atomic E-state index is 0.136. The molecule has 1 fully saturated rings. The Bertz CT molecular complexity index is 486. The van der Waals surface area contributed by atoms with Crippen LogP contribution < -0.4 is 11.1 Å². The van der Waals surface area contributed by atoms with Crippen LogP contribution in [0.25, 0.3) is 0 Å². The molecule has 1 saturated heterocycles. The Hall–Kier alpha value is -1.56. The van der Waals surface area contributed by atoms with Gasteiger partial charge in [0.25, 0.3) is 0 Å². The summed E-state index contributed by atoms with van der Waals surface area (Å²) < 4.78 is 0. The quantitative estimate of drug-likeness (QED) is 0.871. The highest BCUT2D eigenvalue weighted by molar-refractivity contribution is 7.16. The van der Waals surface area contributed by atoms with Crippen molar-refractivity contribution in [2.45, 2.75) is 32.7 Å². The highest BCUT2D eigenvalue weighted by Crippen LogP contribution is 2.25. The standard InChI is InChI=1S/C13H19N3O2S/c1-8-3-5-10(12(14)17)7-16(8)13(18)15-11-6-4-9(2)19-11/h4,6,8,10H,3,5,7H2,1-2H3,(H2,14,17)(H,15,18). The number of amides is 3. The van der Waals surface area contributed by atoms with E-state index in [0.29, 0.717) is 6.54 Å². The predicted octanol–water partition coefficient (Wildman–Crippen LogP) is 2.17. The molecule has 0 saturated carbocycles. The third-order valence-corrected chi connectivity index (χ3v) is 4.43. The first-order valence-corrected chi connectivity index (χ1v) is 7.22. The molecule has 0 radical (unpaired) electrons. The van der Waals surface area contributed by atoms with Crippen molar-refractivity contribution < 1.29 is 9.59 Å². The van der Waals surface area contributed by atoms with Gasteiger partial charge < -0.3 is 10.6 Å². The molecule has 0 bridgehead atoms. The highest BCUT2D eigenvalue weighted by atomic mass is 32.1. The van der Waals surface area contributed by atoms with Crippen LogP contribution in [0.15, 0.2) is 12.1 Å². The average Bonchev–Trinajstić information content (AvgIpc) is 2.74. The van der Waals surface area contributed by atoms with Gasteiger partial charge in [-0.15, -0.1) is 11.3 Å². The number of nitrogens with one attached hydrogen (secondary N) is 1. The zero-order chi connectivity index (χ0) is 14.0. The van der Waals surface area contributed by atoms with Crippen LogP contribution in [-0.4, -0.2) is 29.4 Å². The van der Waals surface area contributed by atoms with Gasteiger partial charge in [0.1, 0.15) is 0 Å². The molecule has 1 aliphatic rings. The molecule has 1 aromatic rings. The fraction of sp³-hybridized carbons (Fsp3) is 0.538. The normalized spacial score (nSPS) is 23.2. The lowest BCUT2D eigenvalue weighted by atomic mass is 9.93. The molecular formula is C13H19N3O2S. The van der Waals surface area contributed by atoms with Gasteiger partial charge in [0.15, 0.2) is 0 Å². The smallest absolute Gasteiger partial charge is 0.322 e. The van der Waals surface area contributed by atoms with Gasteiger partial charge in [-0.25, -0.2) is 4.79 Å². The zero-order valence-corrected chi connectivity index (χ0v) is 12.0. The molecule has 6 heteroatoms. The van der Waals surface area contributed by atoms with Crippen LogP contribution in [0.2, 0.25) is 0 Å². The van der Waals surface area contributed by atoms with E-state index in [0.717, 1.165) is 22.7 Å². The average molecular weight is 281 g/mol. The molecule has 3 N–H and O–H groups in total. The second-order valence-corrected chi connectivity index (χ2v) is 6.31. The third kappa shape index (κ3) is 3.26. The van der Waals surface area contributed by atoms with Gasteiger partial charge in [0.2, 0.25) is 5.91 Å². The molecule has 2 unspecified atom stereocenters. The van der Waals surface area contributed by atoms with Crippen molar-refractivity contribution >= 4 is 28.3 Å². The topological polar surface area (TPSA) is 75.4 Å². The molecule has 104 valence electrons. The molecule has 19 heavy (non-hydrogen) atoms. The number of piperidine rings is 1. The fourth-order valence-corrected chi connectivity index (χ4v) is 3.06. The summed E-state index contributed by atoms with van der Waals surface area (Å²) >= 11 is 1.54. The van der Waals surface area contributed by atoms with E-state index in [2.05, 4.69) is 5.32 Å². The Kier molecular flexibility index (Phi) is 4.09. The number of urea groups is 1. The van der Waals surface area contributed by atoms with E-state index >= 15 is 0 Å². The maximum absolute atomic E-state index is 12.2. The maximum Gasteiger partial charge on any atom is 0.322 e. The first-order valence-electron chi connectivity index (χ1n) is 6.40. The number of rotatable bonds is 2. The van der Waals surface area contributed by atoms with Gasteiger partial charge in [-0.05, 0) is 38.8 Å². The van der Waals surface area contributed by atoms with Crippen molar-refractivity contribution in [3.63, 3.8) is 0 Å². The SMILES string of the molecule is Cc1ccc(NC(=O)N2CC(C(N)=O)CCC2C)s1. The van der Waals surface area contributed by atoms with Gasteiger partial charge in [-0.2, -0.15) is 0 Å². The number of nitrogens with two attached hydrogens (primary N) is 1. The molecule has 3 amide bonds. The minimum atomic E-state index is -0.323. The summed E-state index contributed by atoms with van der Waals surface area (Å²) in [4.78, 5) is 26.3. The Morgan fingerprint density at radius 3 is 2.74 bits per heavy atom. The number of carbonyl (C=O) groups is 2. The van der Waals surface area contributed by atoms with E-state index in [4.69, 9.17) is 5.73 Å². The minimum Gasteiger partial charge on any atom is -0.369 e. The Morgan fingerprint density at radius 2 is 2.16 bits per heavy atom. The van der Waals surface area contributed by atoms with Crippen molar-refractivity contribution in [3.05, 3.63) is 17.0 Å². The van der Waals surface area contributed by atoms with Crippen molar-refractivity contribution in [1.29, 1.82) is 0 Å². The van der Waals surface area contributed by atoms with E-state index in [1.54, 1.807) is 4.90 Å². The lowest BCUT2D eigenvalue weighted by molar-refractivity contribution is -0.123. The lowest BCUT2D eigenvalue weighted by Crippen LogP contribution is -2.50. The maximum atomic E-state index is 12.2. The Labute approximate surface area is 116 Å². The molecule has 0 spiro atoms. The molecule has 0 aromatic carbocycles. The summed E-state index contributed by atoms with van der Waals surface area (Å²) in [5, 5.41) is 3.71. The van der Waals surface area contributed by atoms with Crippen LogP contribution in [0, 0.1) is 12.8 Å². The van der Waals surface area contributed by atoms with Crippen molar-refractivity contribution in [2.75, 3.05) is 11.9 Å². The van der Waals surface area contributed by atoms with Gasteiger partial charge in [0.05, 0.1) is 10.9 Å². The van der Waals surface area contributed by atoms with Gasteiger partial charge in [0, 0.05) is 17.5 Å².